The van der Waals surface area contributed by atoms with Crippen molar-refractivity contribution in [2.45, 2.75) is 18.9 Å². The SMILES string of the molecule is COC(=O)CCC(C(=O)OC)n1ncc2ccccc2c1=O. The van der Waals surface area contributed by atoms with E-state index in [0.717, 1.165) is 4.68 Å². The van der Waals surface area contributed by atoms with Crippen LogP contribution in [-0.2, 0) is 19.1 Å². The topological polar surface area (TPSA) is 87.5 Å². The van der Waals surface area contributed by atoms with E-state index in [9.17, 15) is 14.4 Å². The summed E-state index contributed by atoms with van der Waals surface area (Å²) in [7, 11) is 2.48. The Morgan fingerprint density at radius 3 is 2.64 bits per heavy atom. The van der Waals surface area contributed by atoms with Gasteiger partial charge in [-0.3, -0.25) is 9.59 Å². The summed E-state index contributed by atoms with van der Waals surface area (Å²) in [5.74, 6) is -1.10. The van der Waals surface area contributed by atoms with Gasteiger partial charge in [-0.2, -0.15) is 5.10 Å². The fourth-order valence-electron chi connectivity index (χ4n) is 2.16. The van der Waals surface area contributed by atoms with Gasteiger partial charge in [0.1, 0.15) is 0 Å². The van der Waals surface area contributed by atoms with Gasteiger partial charge in [-0.05, 0) is 12.5 Å². The Labute approximate surface area is 126 Å². The Morgan fingerprint density at radius 1 is 1.23 bits per heavy atom. The van der Waals surface area contributed by atoms with Gasteiger partial charge in [0, 0.05) is 11.8 Å². The molecule has 2 aromatic rings. The summed E-state index contributed by atoms with van der Waals surface area (Å²) in [6.45, 7) is 0. The number of carbonyl (C=O) groups excluding carboxylic acids is 2. The van der Waals surface area contributed by atoms with Gasteiger partial charge in [0.25, 0.3) is 5.56 Å². The smallest absolute Gasteiger partial charge is 0.330 e. The van der Waals surface area contributed by atoms with Gasteiger partial charge in [-0.1, -0.05) is 18.2 Å². The minimum absolute atomic E-state index is 0.0167. The molecule has 1 aromatic heterocycles. The van der Waals surface area contributed by atoms with Gasteiger partial charge < -0.3 is 9.47 Å². The first-order valence-electron chi connectivity index (χ1n) is 6.69. The van der Waals surface area contributed by atoms with Crippen molar-refractivity contribution in [2.24, 2.45) is 0 Å². The van der Waals surface area contributed by atoms with E-state index in [0.29, 0.717) is 10.8 Å². The molecule has 0 aliphatic carbocycles. The van der Waals surface area contributed by atoms with Crippen LogP contribution in [0.1, 0.15) is 18.9 Å². The number of hydrogen-bond acceptors (Lipinski definition) is 6. The lowest BCUT2D eigenvalue weighted by atomic mass is 10.1. The average molecular weight is 304 g/mol. The Balaban J connectivity index is 2.43. The van der Waals surface area contributed by atoms with Crippen molar-refractivity contribution < 1.29 is 19.1 Å². The molecule has 1 unspecified atom stereocenters. The molecule has 1 heterocycles. The molecule has 0 N–H and O–H groups in total. The predicted octanol–water partition coefficient (Wildman–Crippen LogP) is 1.06. The third-order valence-electron chi connectivity index (χ3n) is 3.34. The van der Waals surface area contributed by atoms with E-state index < -0.39 is 23.5 Å². The maximum Gasteiger partial charge on any atom is 0.330 e. The Hall–Kier alpha value is -2.70. The van der Waals surface area contributed by atoms with Gasteiger partial charge in [-0.25, -0.2) is 9.48 Å². The van der Waals surface area contributed by atoms with E-state index in [1.54, 1.807) is 24.3 Å². The van der Waals surface area contributed by atoms with Gasteiger partial charge in [0.05, 0.1) is 25.8 Å². The van der Waals surface area contributed by atoms with Crippen molar-refractivity contribution in [3.05, 3.63) is 40.8 Å². The Kier molecular flexibility index (Phi) is 4.88. The molecule has 0 fully saturated rings. The van der Waals surface area contributed by atoms with Crippen molar-refractivity contribution in [3.8, 4) is 0 Å². The Bertz CT molecular complexity index is 753. The molecule has 1 atom stereocenters. The number of benzene rings is 1. The molecule has 0 spiro atoms. The second-order valence-corrected chi connectivity index (χ2v) is 4.64. The second-order valence-electron chi connectivity index (χ2n) is 4.64. The quantitative estimate of drug-likeness (QED) is 0.768. The summed E-state index contributed by atoms with van der Waals surface area (Å²) >= 11 is 0. The summed E-state index contributed by atoms with van der Waals surface area (Å²) < 4.78 is 10.3. The third-order valence-corrected chi connectivity index (χ3v) is 3.34. The maximum absolute atomic E-state index is 12.5. The summed E-state index contributed by atoms with van der Waals surface area (Å²) in [6.07, 6.45) is 1.56. The normalized spacial score (nSPS) is 11.9. The lowest BCUT2D eigenvalue weighted by Gasteiger charge is -2.16. The molecular weight excluding hydrogens is 288 g/mol. The van der Waals surface area contributed by atoms with Crippen molar-refractivity contribution in [2.75, 3.05) is 14.2 Å². The van der Waals surface area contributed by atoms with Gasteiger partial charge in [-0.15, -0.1) is 0 Å². The van der Waals surface area contributed by atoms with Crippen LogP contribution in [0.25, 0.3) is 10.8 Å². The summed E-state index contributed by atoms with van der Waals surface area (Å²) in [6, 6.07) is 5.97. The zero-order valence-electron chi connectivity index (χ0n) is 12.3. The van der Waals surface area contributed by atoms with E-state index in [1.807, 2.05) is 0 Å². The molecule has 2 rings (SSSR count). The maximum atomic E-state index is 12.5. The molecule has 116 valence electrons. The van der Waals surface area contributed by atoms with Crippen LogP contribution in [-0.4, -0.2) is 35.9 Å². The fourth-order valence-corrected chi connectivity index (χ4v) is 2.16. The van der Waals surface area contributed by atoms with Gasteiger partial charge in [0.15, 0.2) is 6.04 Å². The zero-order valence-corrected chi connectivity index (χ0v) is 12.3. The van der Waals surface area contributed by atoms with Crippen LogP contribution in [0.3, 0.4) is 0 Å². The first-order valence-corrected chi connectivity index (χ1v) is 6.69. The van der Waals surface area contributed by atoms with E-state index in [-0.39, 0.29) is 12.8 Å². The van der Waals surface area contributed by atoms with Crippen molar-refractivity contribution in [1.82, 2.24) is 9.78 Å². The number of methoxy groups -OCH3 is 2. The molecule has 0 bridgehead atoms. The number of ether oxygens (including phenoxy) is 2. The standard InChI is InChI=1S/C15H16N2O5/c1-21-13(18)8-7-12(15(20)22-2)17-14(19)11-6-4-3-5-10(11)9-16-17/h3-6,9,12H,7-8H2,1-2H3. The van der Waals surface area contributed by atoms with Crippen LogP contribution < -0.4 is 5.56 Å². The van der Waals surface area contributed by atoms with Crippen molar-refractivity contribution in [3.63, 3.8) is 0 Å². The summed E-state index contributed by atoms with van der Waals surface area (Å²) in [5.41, 5.74) is -0.404. The lowest BCUT2D eigenvalue weighted by molar-refractivity contribution is -0.146. The highest BCUT2D eigenvalue weighted by Crippen LogP contribution is 2.15. The number of fused-ring (bicyclic) bond motifs is 1. The minimum Gasteiger partial charge on any atom is -0.469 e. The van der Waals surface area contributed by atoms with E-state index >= 15 is 0 Å². The highest BCUT2D eigenvalue weighted by Gasteiger charge is 2.25. The van der Waals surface area contributed by atoms with Crippen molar-refractivity contribution >= 4 is 22.7 Å². The van der Waals surface area contributed by atoms with Crippen LogP contribution >= 0.6 is 0 Å². The number of rotatable bonds is 5. The largest absolute Gasteiger partial charge is 0.469 e. The third kappa shape index (κ3) is 3.13. The molecule has 1 aromatic carbocycles. The second kappa shape index (κ2) is 6.84. The first kappa shape index (κ1) is 15.7. The van der Waals surface area contributed by atoms with Crippen molar-refractivity contribution in [1.29, 1.82) is 0 Å². The molecule has 0 aliphatic heterocycles. The van der Waals surface area contributed by atoms with Crippen LogP contribution in [0.15, 0.2) is 35.3 Å². The molecule has 22 heavy (non-hydrogen) atoms. The molecule has 0 amide bonds. The Morgan fingerprint density at radius 2 is 1.95 bits per heavy atom. The number of aromatic nitrogens is 2. The number of esters is 2. The fraction of sp³-hybridized carbons (Fsp3) is 0.333. The minimum atomic E-state index is -0.971. The molecule has 0 saturated heterocycles. The molecule has 7 nitrogen and oxygen atoms in total. The van der Waals surface area contributed by atoms with E-state index in [1.165, 1.54) is 20.4 Å². The first-order chi connectivity index (χ1) is 10.6. The van der Waals surface area contributed by atoms with E-state index in [4.69, 9.17) is 4.74 Å². The van der Waals surface area contributed by atoms with Crippen LogP contribution in [0, 0.1) is 0 Å². The predicted molar refractivity (Wildman–Crippen MR) is 78.3 cm³/mol. The van der Waals surface area contributed by atoms with Gasteiger partial charge >= 0.3 is 11.9 Å². The lowest BCUT2D eigenvalue weighted by Crippen LogP contribution is -2.33. The number of nitrogens with zero attached hydrogens (tertiary/aromatic N) is 2. The van der Waals surface area contributed by atoms with Crippen LogP contribution in [0.4, 0.5) is 0 Å². The molecule has 0 saturated carbocycles. The molecule has 7 heteroatoms. The zero-order chi connectivity index (χ0) is 16.1. The molecule has 0 radical (unpaired) electrons. The summed E-state index contributed by atoms with van der Waals surface area (Å²) in [4.78, 5) is 35.7. The number of carbonyl (C=O) groups is 2. The number of hydrogen-bond donors (Lipinski definition) is 0. The highest BCUT2D eigenvalue weighted by molar-refractivity contribution is 5.81. The van der Waals surface area contributed by atoms with E-state index in [2.05, 4.69) is 9.84 Å². The van der Waals surface area contributed by atoms with Crippen LogP contribution in [0.2, 0.25) is 0 Å². The highest BCUT2D eigenvalue weighted by atomic mass is 16.5. The average Bonchev–Trinajstić information content (AvgIpc) is 2.56. The van der Waals surface area contributed by atoms with Gasteiger partial charge in [0.2, 0.25) is 0 Å². The summed E-state index contributed by atoms with van der Waals surface area (Å²) in [5, 5.41) is 5.16. The van der Waals surface area contributed by atoms with Crippen LogP contribution in [0.5, 0.6) is 0 Å². The molecular formula is C15H16N2O5. The molecule has 0 aliphatic rings. The monoisotopic (exact) mass is 304 g/mol.